The van der Waals surface area contributed by atoms with E-state index in [0.29, 0.717) is 0 Å². The average Bonchev–Trinajstić information content (AvgIpc) is 2.45. The minimum Gasteiger partial charge on any atom is -0.384 e. The van der Waals surface area contributed by atoms with Crippen LogP contribution in [0.25, 0.3) is 0 Å². The zero-order valence-corrected chi connectivity index (χ0v) is 11.4. The fourth-order valence-corrected chi connectivity index (χ4v) is 2.60. The lowest BCUT2D eigenvalue weighted by Gasteiger charge is -2.08. The summed E-state index contributed by atoms with van der Waals surface area (Å²) in [6.45, 7) is -0.467. The summed E-state index contributed by atoms with van der Waals surface area (Å²) < 4.78 is 39.9. The van der Waals surface area contributed by atoms with Gasteiger partial charge in [0.05, 0.1) is 0 Å². The summed E-state index contributed by atoms with van der Waals surface area (Å²) in [5, 5.41) is 8.67. The third-order valence-electron chi connectivity index (χ3n) is 2.32. The van der Waals surface area contributed by atoms with Crippen molar-refractivity contribution in [3.05, 3.63) is 48.0 Å². The van der Waals surface area contributed by atoms with Gasteiger partial charge in [-0.3, -0.25) is 0 Å². The molecule has 1 aromatic heterocycles. The highest BCUT2D eigenvalue weighted by atomic mass is 32.2. The smallest absolute Gasteiger partial charge is 0.265 e. The minimum absolute atomic E-state index is 0.0625. The van der Waals surface area contributed by atoms with E-state index >= 15 is 0 Å². The Morgan fingerprint density at radius 3 is 2.67 bits per heavy atom. The molecule has 0 unspecified atom stereocenters. The minimum atomic E-state index is -4.02. The summed E-state index contributed by atoms with van der Waals surface area (Å²) >= 11 is 0. The van der Waals surface area contributed by atoms with Crippen LogP contribution in [-0.2, 0) is 10.0 Å². The van der Waals surface area contributed by atoms with Crippen molar-refractivity contribution in [1.82, 2.24) is 9.97 Å². The van der Waals surface area contributed by atoms with Gasteiger partial charge in [0.1, 0.15) is 17.3 Å². The van der Waals surface area contributed by atoms with Crippen LogP contribution in [-0.4, -0.2) is 30.1 Å². The van der Waals surface area contributed by atoms with E-state index in [4.69, 9.17) is 5.11 Å². The van der Waals surface area contributed by atoms with Crippen LogP contribution in [0.2, 0.25) is 0 Å². The molecular weight excluding hydrogens is 297 g/mol. The maximum Gasteiger partial charge on any atom is 0.265 e. The first-order valence-corrected chi connectivity index (χ1v) is 7.20. The summed E-state index contributed by atoms with van der Waals surface area (Å²) in [6, 6.07) is 4.60. The van der Waals surface area contributed by atoms with Crippen LogP contribution < -0.4 is 4.72 Å². The molecule has 2 N–H and O–H groups in total. The molecule has 108 valence electrons. The van der Waals surface area contributed by atoms with Gasteiger partial charge in [-0.1, -0.05) is 11.8 Å². The van der Waals surface area contributed by atoms with E-state index in [2.05, 4.69) is 26.5 Å². The van der Waals surface area contributed by atoms with Gasteiger partial charge in [0.25, 0.3) is 10.0 Å². The molecule has 0 atom stereocenters. The second-order valence-corrected chi connectivity index (χ2v) is 5.43. The molecular formula is C13H10FN3O3S. The van der Waals surface area contributed by atoms with Gasteiger partial charge < -0.3 is 5.11 Å². The maximum absolute atomic E-state index is 13.2. The Labute approximate surface area is 120 Å². The molecule has 2 aromatic rings. The van der Waals surface area contributed by atoms with Gasteiger partial charge in [0.2, 0.25) is 5.95 Å². The van der Waals surface area contributed by atoms with Gasteiger partial charge in [-0.25, -0.2) is 27.5 Å². The molecule has 0 radical (unpaired) electrons. The SMILES string of the molecule is O=S(=O)(Nc1ncccn1)c1ccc(F)cc1C#CCO. The first-order chi connectivity index (χ1) is 10.0. The fraction of sp³-hybridized carbons (Fsp3) is 0.0769. The van der Waals surface area contributed by atoms with Crippen molar-refractivity contribution < 1.29 is 17.9 Å². The third-order valence-corrected chi connectivity index (χ3v) is 3.71. The molecule has 0 fully saturated rings. The lowest BCUT2D eigenvalue weighted by atomic mass is 10.2. The zero-order chi connectivity index (χ0) is 15.3. The molecule has 21 heavy (non-hydrogen) atoms. The monoisotopic (exact) mass is 307 g/mol. The molecule has 8 heteroatoms. The highest BCUT2D eigenvalue weighted by Gasteiger charge is 2.19. The molecule has 0 saturated carbocycles. The maximum atomic E-state index is 13.2. The van der Waals surface area contributed by atoms with Crippen molar-refractivity contribution >= 4 is 16.0 Å². The normalized spacial score (nSPS) is 10.6. The van der Waals surface area contributed by atoms with Gasteiger partial charge in [-0.15, -0.1) is 0 Å². The largest absolute Gasteiger partial charge is 0.384 e. The molecule has 0 saturated heterocycles. The summed E-state index contributed by atoms with van der Waals surface area (Å²) in [6.07, 6.45) is 2.75. The summed E-state index contributed by atoms with van der Waals surface area (Å²) in [5.41, 5.74) is -0.0625. The van der Waals surface area contributed by atoms with Gasteiger partial charge in [0, 0.05) is 18.0 Å². The highest BCUT2D eigenvalue weighted by molar-refractivity contribution is 7.92. The van der Waals surface area contributed by atoms with Crippen LogP contribution in [0.3, 0.4) is 0 Å². The standard InChI is InChI=1S/C13H10FN3O3S/c14-11-4-5-12(10(9-11)3-1-8-18)21(19,20)17-13-15-6-2-7-16-13/h2,4-7,9,18H,8H2,(H,15,16,17). The molecule has 1 aromatic carbocycles. The molecule has 0 spiro atoms. The number of rotatable bonds is 3. The van der Waals surface area contributed by atoms with Gasteiger partial charge in [0.15, 0.2) is 0 Å². The van der Waals surface area contributed by atoms with Crippen LogP contribution in [0, 0.1) is 17.7 Å². The third kappa shape index (κ3) is 3.75. The van der Waals surface area contributed by atoms with Crippen molar-refractivity contribution in [2.45, 2.75) is 4.90 Å². The molecule has 0 aliphatic heterocycles. The Morgan fingerprint density at radius 1 is 1.29 bits per heavy atom. The van der Waals surface area contributed by atoms with E-state index in [1.165, 1.54) is 18.5 Å². The number of aliphatic hydroxyl groups excluding tert-OH is 1. The molecule has 1 heterocycles. The number of nitrogens with one attached hydrogen (secondary N) is 1. The van der Waals surface area contributed by atoms with Crippen LogP contribution in [0.15, 0.2) is 41.6 Å². The van der Waals surface area contributed by atoms with Crippen molar-refractivity contribution in [2.75, 3.05) is 11.3 Å². The number of aliphatic hydroxyl groups is 1. The lowest BCUT2D eigenvalue weighted by Crippen LogP contribution is -2.16. The second kappa shape index (κ2) is 6.30. The second-order valence-electron chi connectivity index (χ2n) is 3.78. The molecule has 0 aliphatic rings. The van der Waals surface area contributed by atoms with Gasteiger partial charge >= 0.3 is 0 Å². The number of sulfonamides is 1. The number of anilines is 1. The number of halogens is 1. The van der Waals surface area contributed by atoms with Crippen LogP contribution in [0.5, 0.6) is 0 Å². The first kappa shape index (κ1) is 14.9. The topological polar surface area (TPSA) is 92.2 Å². The number of nitrogens with zero attached hydrogens (tertiary/aromatic N) is 2. The van der Waals surface area contributed by atoms with E-state index in [9.17, 15) is 12.8 Å². The molecule has 0 bridgehead atoms. The van der Waals surface area contributed by atoms with E-state index in [1.54, 1.807) is 0 Å². The predicted octanol–water partition coefficient (Wildman–Crippen LogP) is 0.760. The summed E-state index contributed by atoms with van der Waals surface area (Å²) in [7, 11) is -4.02. The van der Waals surface area contributed by atoms with Crippen LogP contribution in [0.1, 0.15) is 5.56 Å². The Bertz CT molecular complexity index is 798. The lowest BCUT2D eigenvalue weighted by molar-refractivity contribution is 0.350. The molecule has 6 nitrogen and oxygen atoms in total. The molecule has 0 amide bonds. The summed E-state index contributed by atoms with van der Waals surface area (Å²) in [5.74, 6) is 3.94. The summed E-state index contributed by atoms with van der Waals surface area (Å²) in [4.78, 5) is 7.27. The van der Waals surface area contributed by atoms with E-state index in [-0.39, 0.29) is 16.4 Å². The average molecular weight is 307 g/mol. The van der Waals surface area contributed by atoms with Crippen molar-refractivity contribution in [2.24, 2.45) is 0 Å². The van der Waals surface area contributed by atoms with Gasteiger partial charge in [-0.2, -0.15) is 0 Å². The number of benzene rings is 1. The van der Waals surface area contributed by atoms with Crippen molar-refractivity contribution in [1.29, 1.82) is 0 Å². The number of aromatic nitrogens is 2. The van der Waals surface area contributed by atoms with Crippen LogP contribution >= 0.6 is 0 Å². The quantitative estimate of drug-likeness (QED) is 0.817. The zero-order valence-electron chi connectivity index (χ0n) is 10.6. The van der Waals surface area contributed by atoms with Crippen molar-refractivity contribution in [3.8, 4) is 11.8 Å². The molecule has 0 aliphatic carbocycles. The Balaban J connectivity index is 2.45. The molecule has 2 rings (SSSR count). The Morgan fingerprint density at radius 2 is 2.00 bits per heavy atom. The Hall–Kier alpha value is -2.50. The fourth-order valence-electron chi connectivity index (χ4n) is 1.50. The highest BCUT2D eigenvalue weighted by Crippen LogP contribution is 2.18. The van der Waals surface area contributed by atoms with E-state index in [0.717, 1.165) is 18.2 Å². The Kier molecular flexibility index (Phi) is 4.47. The number of hydrogen-bond donors (Lipinski definition) is 2. The first-order valence-electron chi connectivity index (χ1n) is 5.72. The van der Waals surface area contributed by atoms with Gasteiger partial charge in [-0.05, 0) is 24.3 Å². The predicted molar refractivity (Wildman–Crippen MR) is 73.2 cm³/mol. The van der Waals surface area contributed by atoms with Crippen LogP contribution in [0.4, 0.5) is 10.3 Å². The van der Waals surface area contributed by atoms with Crippen molar-refractivity contribution in [3.63, 3.8) is 0 Å². The number of hydrogen-bond acceptors (Lipinski definition) is 5. The van der Waals surface area contributed by atoms with E-state index in [1.807, 2.05) is 0 Å². The van der Waals surface area contributed by atoms with E-state index < -0.39 is 22.4 Å².